The lowest BCUT2D eigenvalue weighted by Crippen LogP contribution is -2.46. The summed E-state index contributed by atoms with van der Waals surface area (Å²) >= 11 is 6.01. The molecule has 1 aromatic heterocycles. The van der Waals surface area contributed by atoms with Gasteiger partial charge in [0.05, 0.1) is 10.6 Å². The number of benzene rings is 1. The number of rotatable bonds is 3. The average molecular weight is 413 g/mol. The lowest BCUT2D eigenvalue weighted by Gasteiger charge is -2.34. The van der Waals surface area contributed by atoms with Crippen molar-refractivity contribution < 1.29 is 18.0 Å². The number of carbonyl (C=O) groups excluding carboxylic acids is 1. The lowest BCUT2D eigenvalue weighted by atomic mass is 10.1. The molecule has 1 aliphatic carbocycles. The van der Waals surface area contributed by atoms with Crippen LogP contribution >= 0.6 is 11.6 Å². The maximum atomic E-state index is 13.1. The van der Waals surface area contributed by atoms with Gasteiger partial charge in [-0.1, -0.05) is 36.6 Å². The molecule has 0 unspecified atom stereocenters. The standard InChI is InChI=1S/C19H20ClF3N4O/c1-11-9-27-16(12-5-2-3-6-12)24-25-17(27)18(28)26(11)10-13-7-4-8-14(15(13)20)19(21,22)23/h4,7-8,11-12H,2-3,5-6,9-10H2,1H3/t11-/m0/s1. The number of nitrogens with zero attached hydrogens (tertiary/aromatic N) is 4. The minimum absolute atomic E-state index is 0.00558. The van der Waals surface area contributed by atoms with Crippen LogP contribution < -0.4 is 0 Å². The summed E-state index contributed by atoms with van der Waals surface area (Å²) in [7, 11) is 0. The molecule has 1 fully saturated rings. The second kappa shape index (κ2) is 7.06. The molecule has 4 rings (SSSR count). The predicted octanol–water partition coefficient (Wildman–Crippen LogP) is 4.65. The molecule has 0 N–H and O–H groups in total. The van der Waals surface area contributed by atoms with Gasteiger partial charge in [-0.25, -0.2) is 0 Å². The van der Waals surface area contributed by atoms with E-state index in [2.05, 4.69) is 10.2 Å². The van der Waals surface area contributed by atoms with Gasteiger partial charge in [0, 0.05) is 25.0 Å². The molecule has 1 saturated carbocycles. The van der Waals surface area contributed by atoms with Crippen LogP contribution in [-0.4, -0.2) is 31.6 Å². The zero-order valence-electron chi connectivity index (χ0n) is 15.3. The van der Waals surface area contributed by atoms with Gasteiger partial charge in [0.15, 0.2) is 0 Å². The first kappa shape index (κ1) is 19.2. The summed E-state index contributed by atoms with van der Waals surface area (Å²) in [6, 6.07) is 3.56. The summed E-state index contributed by atoms with van der Waals surface area (Å²) in [6.07, 6.45) is -0.150. The van der Waals surface area contributed by atoms with Crippen LogP contribution in [0.1, 0.15) is 66.1 Å². The number of hydrogen-bond donors (Lipinski definition) is 0. The molecule has 5 nitrogen and oxygen atoms in total. The van der Waals surface area contributed by atoms with Crippen LogP contribution in [0.2, 0.25) is 5.02 Å². The van der Waals surface area contributed by atoms with Crippen molar-refractivity contribution in [2.45, 2.75) is 63.8 Å². The van der Waals surface area contributed by atoms with Crippen molar-refractivity contribution in [3.8, 4) is 0 Å². The highest BCUT2D eigenvalue weighted by Gasteiger charge is 2.37. The van der Waals surface area contributed by atoms with Crippen LogP contribution in [0.15, 0.2) is 18.2 Å². The van der Waals surface area contributed by atoms with Crippen LogP contribution in [-0.2, 0) is 19.3 Å². The summed E-state index contributed by atoms with van der Waals surface area (Å²) < 4.78 is 41.2. The molecule has 1 atom stereocenters. The molecule has 1 amide bonds. The molecule has 9 heteroatoms. The first-order valence-corrected chi connectivity index (χ1v) is 9.74. The highest BCUT2D eigenvalue weighted by molar-refractivity contribution is 6.32. The van der Waals surface area contributed by atoms with Crippen molar-refractivity contribution in [3.63, 3.8) is 0 Å². The van der Waals surface area contributed by atoms with E-state index in [1.165, 1.54) is 17.0 Å². The maximum Gasteiger partial charge on any atom is 0.417 e. The first-order chi connectivity index (χ1) is 13.3. The van der Waals surface area contributed by atoms with Crippen LogP contribution in [0.4, 0.5) is 13.2 Å². The fourth-order valence-corrected chi connectivity index (χ4v) is 4.46. The Morgan fingerprint density at radius 2 is 1.93 bits per heavy atom. The number of hydrogen-bond acceptors (Lipinski definition) is 3. The van der Waals surface area contributed by atoms with Crippen molar-refractivity contribution in [2.24, 2.45) is 0 Å². The second-order valence-electron chi connectivity index (χ2n) is 7.53. The van der Waals surface area contributed by atoms with Gasteiger partial charge in [-0.15, -0.1) is 10.2 Å². The molecule has 0 spiro atoms. The number of carbonyl (C=O) groups is 1. The van der Waals surface area contributed by atoms with Crippen LogP contribution in [0.5, 0.6) is 0 Å². The Kier molecular flexibility index (Phi) is 4.85. The Labute approximate surface area is 165 Å². The van der Waals surface area contributed by atoms with Gasteiger partial charge in [0.2, 0.25) is 5.82 Å². The Bertz CT molecular complexity index is 905. The van der Waals surface area contributed by atoms with E-state index in [9.17, 15) is 18.0 Å². The number of amides is 1. The molecule has 1 aliphatic heterocycles. The predicted molar refractivity (Wildman–Crippen MR) is 97.0 cm³/mol. The third-order valence-corrected chi connectivity index (χ3v) is 6.10. The van der Waals surface area contributed by atoms with Crippen molar-refractivity contribution >= 4 is 17.5 Å². The van der Waals surface area contributed by atoms with Crippen molar-refractivity contribution in [3.05, 3.63) is 46.0 Å². The van der Waals surface area contributed by atoms with E-state index in [1.807, 2.05) is 11.5 Å². The number of halogens is 4. The largest absolute Gasteiger partial charge is 0.417 e. The first-order valence-electron chi connectivity index (χ1n) is 9.36. The smallest absolute Gasteiger partial charge is 0.327 e. The second-order valence-corrected chi connectivity index (χ2v) is 7.91. The topological polar surface area (TPSA) is 51.0 Å². The normalized spacial score (nSPS) is 20.7. The Hall–Kier alpha value is -2.09. The molecule has 0 saturated heterocycles. The van der Waals surface area contributed by atoms with E-state index in [0.717, 1.165) is 37.6 Å². The summed E-state index contributed by atoms with van der Waals surface area (Å²) in [4.78, 5) is 14.5. The van der Waals surface area contributed by atoms with Gasteiger partial charge in [0.25, 0.3) is 5.91 Å². The minimum atomic E-state index is -4.54. The highest BCUT2D eigenvalue weighted by Crippen LogP contribution is 2.38. The SMILES string of the molecule is C[C@H]1Cn2c(nnc2C2CCCC2)C(=O)N1Cc1cccc(C(F)(F)F)c1Cl. The van der Waals surface area contributed by atoms with E-state index in [4.69, 9.17) is 11.6 Å². The Balaban J connectivity index is 1.62. The zero-order chi connectivity index (χ0) is 20.1. The van der Waals surface area contributed by atoms with E-state index in [-0.39, 0.29) is 34.9 Å². The fourth-order valence-electron chi connectivity index (χ4n) is 4.16. The van der Waals surface area contributed by atoms with Gasteiger partial charge in [-0.2, -0.15) is 13.2 Å². The van der Waals surface area contributed by atoms with Crippen LogP contribution in [0, 0.1) is 0 Å². The van der Waals surface area contributed by atoms with E-state index in [0.29, 0.717) is 12.5 Å². The van der Waals surface area contributed by atoms with Crippen molar-refractivity contribution in [1.29, 1.82) is 0 Å². The molecule has 150 valence electrons. The minimum Gasteiger partial charge on any atom is -0.327 e. The quantitative estimate of drug-likeness (QED) is 0.737. The van der Waals surface area contributed by atoms with Gasteiger partial charge in [-0.3, -0.25) is 4.79 Å². The molecular weight excluding hydrogens is 393 g/mol. The van der Waals surface area contributed by atoms with Gasteiger partial charge < -0.3 is 9.47 Å². The van der Waals surface area contributed by atoms with Crippen LogP contribution in [0.25, 0.3) is 0 Å². The van der Waals surface area contributed by atoms with Gasteiger partial charge >= 0.3 is 6.18 Å². The van der Waals surface area contributed by atoms with Gasteiger partial charge in [-0.05, 0) is 31.4 Å². The molecule has 2 heterocycles. The monoisotopic (exact) mass is 412 g/mol. The number of fused-ring (bicyclic) bond motifs is 1. The van der Waals surface area contributed by atoms with E-state index in [1.54, 1.807) is 0 Å². The summed E-state index contributed by atoms with van der Waals surface area (Å²) in [5, 5.41) is 7.99. The van der Waals surface area contributed by atoms with Crippen LogP contribution in [0.3, 0.4) is 0 Å². The molecule has 0 radical (unpaired) electrons. The van der Waals surface area contributed by atoms with E-state index < -0.39 is 11.7 Å². The summed E-state index contributed by atoms with van der Waals surface area (Å²) in [5.74, 6) is 1.10. The summed E-state index contributed by atoms with van der Waals surface area (Å²) in [5.41, 5.74) is -0.629. The molecule has 2 aliphatic rings. The number of aromatic nitrogens is 3. The summed E-state index contributed by atoms with van der Waals surface area (Å²) in [6.45, 7) is 2.39. The van der Waals surface area contributed by atoms with Gasteiger partial charge in [0.1, 0.15) is 5.82 Å². The molecule has 1 aromatic carbocycles. The van der Waals surface area contributed by atoms with E-state index >= 15 is 0 Å². The molecule has 28 heavy (non-hydrogen) atoms. The van der Waals surface area contributed by atoms with Crippen molar-refractivity contribution in [2.75, 3.05) is 0 Å². The average Bonchev–Trinajstić information content (AvgIpc) is 3.28. The highest BCUT2D eigenvalue weighted by atomic mass is 35.5. The lowest BCUT2D eigenvalue weighted by molar-refractivity contribution is -0.137. The fraction of sp³-hybridized carbons (Fsp3) is 0.526. The number of alkyl halides is 3. The third-order valence-electron chi connectivity index (χ3n) is 5.66. The zero-order valence-corrected chi connectivity index (χ0v) is 16.1. The Morgan fingerprint density at radius 3 is 2.61 bits per heavy atom. The van der Waals surface area contributed by atoms with Crippen molar-refractivity contribution in [1.82, 2.24) is 19.7 Å². The Morgan fingerprint density at radius 1 is 1.21 bits per heavy atom. The molecule has 2 aromatic rings. The maximum absolute atomic E-state index is 13.1. The third kappa shape index (κ3) is 3.27. The molecule has 0 bridgehead atoms. The molecular formula is C19H20ClF3N4O.